The third kappa shape index (κ3) is 2.78. The highest BCUT2D eigenvalue weighted by Crippen LogP contribution is 2.38. The fourth-order valence-electron chi connectivity index (χ4n) is 2.22. The van der Waals surface area contributed by atoms with Crippen LogP contribution in [0.4, 0.5) is 5.82 Å². The molecular formula is C13H23N3O3Si. The first-order chi connectivity index (χ1) is 9.12. The Morgan fingerprint density at radius 3 is 2.70 bits per heavy atom. The molecule has 20 heavy (non-hydrogen) atoms. The molecule has 7 heteroatoms. The zero-order chi connectivity index (χ0) is 15.1. The van der Waals surface area contributed by atoms with Crippen molar-refractivity contribution in [1.29, 1.82) is 0 Å². The quantitative estimate of drug-likeness (QED) is 0.488. The molecular weight excluding hydrogens is 274 g/mol. The Hall–Kier alpha value is -1.21. The maximum atomic E-state index is 11.0. The summed E-state index contributed by atoms with van der Waals surface area (Å²) in [6.45, 7) is 11.6. The van der Waals surface area contributed by atoms with Crippen molar-refractivity contribution < 1.29 is 9.35 Å². The van der Waals surface area contributed by atoms with Crippen LogP contribution in [0.2, 0.25) is 18.1 Å². The van der Waals surface area contributed by atoms with Crippen molar-refractivity contribution in [3.63, 3.8) is 0 Å². The molecule has 2 heterocycles. The molecule has 0 saturated heterocycles. The minimum Gasteiger partial charge on any atom is -0.410 e. The van der Waals surface area contributed by atoms with Crippen LogP contribution in [0, 0.1) is 10.1 Å². The Labute approximate surface area is 120 Å². The predicted octanol–water partition coefficient (Wildman–Crippen LogP) is 3.13. The largest absolute Gasteiger partial charge is 0.410 e. The molecule has 1 aromatic rings. The van der Waals surface area contributed by atoms with Gasteiger partial charge in [-0.3, -0.25) is 0 Å². The van der Waals surface area contributed by atoms with Gasteiger partial charge in [-0.25, -0.2) is 9.55 Å². The van der Waals surface area contributed by atoms with E-state index in [9.17, 15) is 10.1 Å². The number of nitrogens with zero attached hydrogens (tertiary/aromatic N) is 3. The van der Waals surface area contributed by atoms with Crippen LogP contribution in [0.3, 0.4) is 0 Å². The van der Waals surface area contributed by atoms with Crippen molar-refractivity contribution in [2.24, 2.45) is 0 Å². The molecule has 0 saturated carbocycles. The number of nitro groups is 1. The Bertz CT molecular complexity index is 519. The minimum atomic E-state index is -1.84. The zero-order valence-electron chi connectivity index (χ0n) is 12.8. The first-order valence-electron chi connectivity index (χ1n) is 6.98. The molecule has 0 radical (unpaired) electrons. The maximum Gasteiger partial charge on any atom is 0.342 e. The molecule has 0 spiro atoms. The summed E-state index contributed by atoms with van der Waals surface area (Å²) in [5.74, 6) is 0.871. The number of hydrogen-bond donors (Lipinski definition) is 0. The Morgan fingerprint density at radius 1 is 1.50 bits per heavy atom. The van der Waals surface area contributed by atoms with Gasteiger partial charge in [0.25, 0.3) is 0 Å². The Kier molecular flexibility index (Phi) is 3.77. The van der Waals surface area contributed by atoms with Crippen molar-refractivity contribution >= 4 is 14.1 Å². The molecule has 0 aliphatic carbocycles. The molecule has 2 rings (SSSR count). The molecule has 1 aliphatic heterocycles. The van der Waals surface area contributed by atoms with Gasteiger partial charge in [-0.05, 0) is 29.5 Å². The van der Waals surface area contributed by atoms with Crippen LogP contribution in [0.15, 0.2) is 6.20 Å². The normalized spacial score (nSPS) is 19.8. The van der Waals surface area contributed by atoms with E-state index in [1.807, 2.05) is 0 Å². The Balaban J connectivity index is 2.15. The van der Waals surface area contributed by atoms with Crippen LogP contribution < -0.4 is 0 Å². The lowest BCUT2D eigenvalue weighted by atomic mass is 10.1. The molecule has 1 aromatic heterocycles. The molecule has 1 atom stereocenters. The summed E-state index contributed by atoms with van der Waals surface area (Å²) in [6.07, 6.45) is 3.04. The lowest BCUT2D eigenvalue weighted by Crippen LogP contribution is -2.46. The van der Waals surface area contributed by atoms with E-state index in [0.29, 0.717) is 6.54 Å². The number of aromatic nitrogens is 2. The van der Waals surface area contributed by atoms with Gasteiger partial charge in [0, 0.05) is 6.42 Å². The average molecular weight is 297 g/mol. The van der Waals surface area contributed by atoms with Crippen LogP contribution in [0.1, 0.15) is 33.0 Å². The van der Waals surface area contributed by atoms with Gasteiger partial charge in [0.1, 0.15) is 12.7 Å². The minimum absolute atomic E-state index is 0.0521. The first-order valence-corrected chi connectivity index (χ1v) is 9.89. The third-order valence-electron chi connectivity index (χ3n) is 4.45. The number of hydrogen-bond acceptors (Lipinski definition) is 4. The number of rotatable bonds is 3. The summed E-state index contributed by atoms with van der Waals surface area (Å²) in [5, 5.41) is 11.1. The third-order valence-corrected chi connectivity index (χ3v) is 8.98. The molecule has 0 fully saturated rings. The van der Waals surface area contributed by atoms with E-state index in [1.165, 1.54) is 6.20 Å². The van der Waals surface area contributed by atoms with Crippen molar-refractivity contribution in [2.45, 2.75) is 64.4 Å². The molecule has 1 aliphatic rings. The molecule has 0 amide bonds. The average Bonchev–Trinajstić information content (AvgIpc) is 2.69. The van der Waals surface area contributed by atoms with Gasteiger partial charge in [0.15, 0.2) is 14.1 Å². The van der Waals surface area contributed by atoms with Crippen molar-refractivity contribution in [3.8, 4) is 0 Å². The monoisotopic (exact) mass is 297 g/mol. The number of imidazole rings is 1. The smallest absolute Gasteiger partial charge is 0.342 e. The highest BCUT2D eigenvalue weighted by atomic mass is 28.4. The number of aryl methyl sites for hydroxylation is 1. The second kappa shape index (κ2) is 4.96. The van der Waals surface area contributed by atoms with Gasteiger partial charge in [-0.2, -0.15) is 0 Å². The van der Waals surface area contributed by atoms with E-state index in [4.69, 9.17) is 4.43 Å². The van der Waals surface area contributed by atoms with Crippen LogP contribution >= 0.6 is 0 Å². The lowest BCUT2D eigenvalue weighted by Gasteiger charge is -2.39. The topological polar surface area (TPSA) is 70.2 Å². The lowest BCUT2D eigenvalue weighted by molar-refractivity contribution is -0.392. The number of fused-ring (bicyclic) bond motifs is 1. The predicted molar refractivity (Wildman–Crippen MR) is 79.3 cm³/mol. The van der Waals surface area contributed by atoms with E-state index in [-0.39, 0.29) is 21.9 Å². The van der Waals surface area contributed by atoms with E-state index >= 15 is 0 Å². The Morgan fingerprint density at radius 2 is 2.15 bits per heavy atom. The molecule has 6 nitrogen and oxygen atoms in total. The van der Waals surface area contributed by atoms with Gasteiger partial charge in [0.05, 0.1) is 6.10 Å². The summed E-state index contributed by atoms with van der Waals surface area (Å²) < 4.78 is 8.07. The van der Waals surface area contributed by atoms with Gasteiger partial charge in [-0.1, -0.05) is 20.8 Å². The summed E-state index contributed by atoms with van der Waals surface area (Å²) in [5.41, 5.74) is 0. The fraction of sp³-hybridized carbons (Fsp3) is 0.769. The van der Waals surface area contributed by atoms with Crippen molar-refractivity contribution in [3.05, 3.63) is 22.1 Å². The fourth-order valence-corrected chi connectivity index (χ4v) is 3.60. The first kappa shape index (κ1) is 15.2. The molecule has 0 N–H and O–H groups in total. The van der Waals surface area contributed by atoms with Crippen LogP contribution in [-0.4, -0.2) is 28.9 Å². The molecule has 0 aromatic carbocycles. The van der Waals surface area contributed by atoms with Gasteiger partial charge in [0.2, 0.25) is 0 Å². The van der Waals surface area contributed by atoms with E-state index in [0.717, 1.165) is 18.7 Å². The zero-order valence-corrected chi connectivity index (χ0v) is 13.8. The molecule has 112 valence electrons. The molecule has 0 bridgehead atoms. The summed E-state index contributed by atoms with van der Waals surface area (Å²) in [4.78, 5) is 14.8. The van der Waals surface area contributed by atoms with Crippen LogP contribution in [0.5, 0.6) is 0 Å². The summed E-state index contributed by atoms with van der Waals surface area (Å²) in [7, 11) is -1.84. The van der Waals surface area contributed by atoms with Gasteiger partial charge in [-0.15, -0.1) is 0 Å². The second-order valence-corrected chi connectivity index (χ2v) is 11.7. The van der Waals surface area contributed by atoms with Crippen LogP contribution in [-0.2, 0) is 17.4 Å². The summed E-state index contributed by atoms with van der Waals surface area (Å²) in [6, 6.07) is 0. The van der Waals surface area contributed by atoms with Gasteiger partial charge >= 0.3 is 5.82 Å². The highest BCUT2D eigenvalue weighted by molar-refractivity contribution is 6.74. The maximum absolute atomic E-state index is 11.0. The SMILES string of the molecule is CC(C)(C)[Si](C)(C)O[C@H]1CCc2ncc([N+](=O)[O-])n2C1. The van der Waals surface area contributed by atoms with E-state index < -0.39 is 8.32 Å². The standard InChI is InChI=1S/C13H23N3O3Si/c1-13(2,3)20(4,5)19-10-6-7-11-14-8-12(16(17)18)15(11)9-10/h8,10H,6-7,9H2,1-5H3/t10-/m0/s1. The molecule has 0 unspecified atom stereocenters. The second-order valence-electron chi connectivity index (χ2n) is 6.94. The van der Waals surface area contributed by atoms with E-state index in [1.54, 1.807) is 4.57 Å². The van der Waals surface area contributed by atoms with Crippen molar-refractivity contribution in [2.75, 3.05) is 0 Å². The van der Waals surface area contributed by atoms with E-state index in [2.05, 4.69) is 38.8 Å². The highest BCUT2D eigenvalue weighted by Gasteiger charge is 2.41. The van der Waals surface area contributed by atoms with Crippen LogP contribution in [0.25, 0.3) is 0 Å². The van der Waals surface area contributed by atoms with Gasteiger partial charge < -0.3 is 14.5 Å². The van der Waals surface area contributed by atoms with Crippen molar-refractivity contribution in [1.82, 2.24) is 9.55 Å². The summed E-state index contributed by atoms with van der Waals surface area (Å²) >= 11 is 0.